The first-order valence-corrected chi connectivity index (χ1v) is 5.04. The summed E-state index contributed by atoms with van der Waals surface area (Å²) < 4.78 is 0. The smallest absolute Gasteiger partial charge is 0.258 e. The van der Waals surface area contributed by atoms with Gasteiger partial charge in [0.05, 0.1) is 23.1 Å². The number of benzene rings is 1. The van der Waals surface area contributed by atoms with Crippen LogP contribution in [0.1, 0.15) is 17.9 Å². The van der Waals surface area contributed by atoms with Gasteiger partial charge in [0, 0.05) is 24.5 Å². The van der Waals surface area contributed by atoms with Crippen LogP contribution in [-0.4, -0.2) is 4.92 Å². The molecular formula is C12H8N4O2. The molecule has 0 fully saturated rings. The molecule has 0 saturated heterocycles. The number of hydrogen-bond acceptors (Lipinski definition) is 5. The van der Waals surface area contributed by atoms with Gasteiger partial charge in [0.2, 0.25) is 0 Å². The first kappa shape index (κ1) is 13.2. The van der Waals surface area contributed by atoms with Crippen LogP contribution in [0.15, 0.2) is 24.3 Å². The van der Waals surface area contributed by atoms with Crippen LogP contribution >= 0.6 is 0 Å². The molecule has 18 heavy (non-hydrogen) atoms. The van der Waals surface area contributed by atoms with E-state index in [0.717, 1.165) is 0 Å². The van der Waals surface area contributed by atoms with E-state index < -0.39 is 16.8 Å². The molecular weight excluding hydrogens is 232 g/mol. The van der Waals surface area contributed by atoms with Crippen LogP contribution in [0.3, 0.4) is 0 Å². The van der Waals surface area contributed by atoms with Gasteiger partial charge in [0.1, 0.15) is 5.92 Å². The molecule has 0 N–H and O–H groups in total. The molecule has 0 radical (unpaired) electrons. The Morgan fingerprint density at radius 2 is 1.72 bits per heavy atom. The number of nitrogens with zero attached hydrogens (tertiary/aromatic N) is 4. The number of hydrogen-bond donors (Lipinski definition) is 0. The molecule has 0 heterocycles. The Hall–Kier alpha value is -2.91. The van der Waals surface area contributed by atoms with E-state index in [1.54, 1.807) is 0 Å². The molecule has 0 spiro atoms. The van der Waals surface area contributed by atoms with Gasteiger partial charge in [-0.1, -0.05) is 12.1 Å². The summed E-state index contributed by atoms with van der Waals surface area (Å²) in [5.74, 6) is -1.49. The lowest BCUT2D eigenvalue weighted by molar-refractivity contribution is -0.384. The van der Waals surface area contributed by atoms with E-state index in [4.69, 9.17) is 15.8 Å². The molecule has 1 aromatic rings. The summed E-state index contributed by atoms with van der Waals surface area (Å²) in [6.07, 6.45) is 0.0175. The van der Waals surface area contributed by atoms with Crippen LogP contribution in [0.5, 0.6) is 0 Å². The zero-order valence-corrected chi connectivity index (χ0v) is 9.28. The Bertz CT molecular complexity index is 546. The molecule has 0 amide bonds. The second-order valence-corrected chi connectivity index (χ2v) is 3.55. The number of rotatable bonds is 4. The molecule has 1 unspecified atom stereocenters. The van der Waals surface area contributed by atoms with Gasteiger partial charge in [-0.05, 0) is 5.56 Å². The van der Waals surface area contributed by atoms with Crippen molar-refractivity contribution in [2.24, 2.45) is 5.92 Å². The number of nitro benzene ring substituents is 1. The number of non-ortho nitro benzene ring substituents is 1. The first-order chi connectivity index (χ1) is 8.63. The lowest BCUT2D eigenvalue weighted by Gasteiger charge is -2.13. The number of nitro groups is 1. The molecule has 0 aliphatic heterocycles. The van der Waals surface area contributed by atoms with Crippen molar-refractivity contribution >= 4 is 5.69 Å². The van der Waals surface area contributed by atoms with Gasteiger partial charge in [-0.3, -0.25) is 10.1 Å². The first-order valence-electron chi connectivity index (χ1n) is 5.04. The minimum Gasteiger partial charge on any atom is -0.258 e. The van der Waals surface area contributed by atoms with Crippen molar-refractivity contribution in [1.29, 1.82) is 15.8 Å². The molecule has 0 aromatic heterocycles. The number of nitriles is 3. The summed E-state index contributed by atoms with van der Waals surface area (Å²) in [4.78, 5) is 9.97. The lowest BCUT2D eigenvalue weighted by atomic mass is 9.85. The Morgan fingerprint density at radius 3 is 2.11 bits per heavy atom. The molecule has 0 aliphatic carbocycles. The summed E-state index contributed by atoms with van der Waals surface area (Å²) in [5.41, 5.74) is 0.509. The topological polar surface area (TPSA) is 115 Å². The Balaban J connectivity index is 3.09. The van der Waals surface area contributed by atoms with Gasteiger partial charge in [-0.2, -0.15) is 15.8 Å². The second kappa shape index (κ2) is 5.98. The Morgan fingerprint density at radius 1 is 1.17 bits per heavy atom. The predicted octanol–water partition coefficient (Wildman–Crippen LogP) is 2.26. The van der Waals surface area contributed by atoms with Crippen LogP contribution in [0, 0.1) is 50.0 Å². The standard InChI is InChI=1S/C12H8N4O2/c13-6-5-12(10(7-14)8-15)9-1-3-11(4-2-9)16(17)18/h1-4,10,12H,5H2. The van der Waals surface area contributed by atoms with Gasteiger partial charge < -0.3 is 0 Å². The monoisotopic (exact) mass is 240 g/mol. The molecule has 1 rings (SSSR count). The van der Waals surface area contributed by atoms with E-state index in [1.807, 2.05) is 18.2 Å². The van der Waals surface area contributed by atoms with Crippen LogP contribution in [-0.2, 0) is 0 Å². The molecule has 0 saturated carbocycles. The summed E-state index contributed by atoms with van der Waals surface area (Å²) >= 11 is 0. The highest BCUT2D eigenvalue weighted by Crippen LogP contribution is 2.28. The highest BCUT2D eigenvalue weighted by molar-refractivity contribution is 5.36. The van der Waals surface area contributed by atoms with Crippen LogP contribution in [0.4, 0.5) is 5.69 Å². The SMILES string of the molecule is N#CCC(c1ccc([N+](=O)[O-])cc1)C(C#N)C#N. The van der Waals surface area contributed by atoms with E-state index in [1.165, 1.54) is 24.3 Å². The fourth-order valence-electron chi connectivity index (χ4n) is 1.58. The van der Waals surface area contributed by atoms with Gasteiger partial charge >= 0.3 is 0 Å². The highest BCUT2D eigenvalue weighted by Gasteiger charge is 2.23. The maximum atomic E-state index is 10.5. The van der Waals surface area contributed by atoms with Crippen molar-refractivity contribution in [2.45, 2.75) is 12.3 Å². The minimum absolute atomic E-state index is 0.0175. The van der Waals surface area contributed by atoms with E-state index in [2.05, 4.69) is 0 Å². The zero-order chi connectivity index (χ0) is 13.5. The quantitative estimate of drug-likeness (QED) is 0.591. The predicted molar refractivity (Wildman–Crippen MR) is 60.8 cm³/mol. The van der Waals surface area contributed by atoms with Crippen molar-refractivity contribution in [3.05, 3.63) is 39.9 Å². The average Bonchev–Trinajstić information content (AvgIpc) is 2.39. The van der Waals surface area contributed by atoms with Gasteiger partial charge in [-0.15, -0.1) is 0 Å². The molecule has 6 nitrogen and oxygen atoms in total. The molecule has 0 bridgehead atoms. The highest BCUT2D eigenvalue weighted by atomic mass is 16.6. The normalized spacial score (nSPS) is 11.0. The fourth-order valence-corrected chi connectivity index (χ4v) is 1.58. The van der Waals surface area contributed by atoms with Crippen molar-refractivity contribution in [3.63, 3.8) is 0 Å². The molecule has 0 aliphatic rings. The van der Waals surface area contributed by atoms with Gasteiger partial charge in [-0.25, -0.2) is 0 Å². The summed E-state index contributed by atoms with van der Waals surface area (Å²) in [6, 6.07) is 11.1. The van der Waals surface area contributed by atoms with Crippen LogP contribution in [0.25, 0.3) is 0 Å². The Labute approximate surface area is 103 Å². The largest absolute Gasteiger partial charge is 0.269 e. The summed E-state index contributed by atoms with van der Waals surface area (Å²) in [6.45, 7) is 0. The van der Waals surface area contributed by atoms with Gasteiger partial charge in [0.25, 0.3) is 5.69 Å². The molecule has 1 atom stereocenters. The lowest BCUT2D eigenvalue weighted by Crippen LogP contribution is -2.09. The van der Waals surface area contributed by atoms with E-state index in [9.17, 15) is 10.1 Å². The van der Waals surface area contributed by atoms with E-state index >= 15 is 0 Å². The summed E-state index contributed by atoms with van der Waals surface area (Å²) in [5, 5.41) is 36.9. The third-order valence-corrected chi connectivity index (χ3v) is 2.52. The van der Waals surface area contributed by atoms with Crippen molar-refractivity contribution in [1.82, 2.24) is 0 Å². The average molecular weight is 240 g/mol. The second-order valence-electron chi connectivity index (χ2n) is 3.55. The minimum atomic E-state index is -0.939. The van der Waals surface area contributed by atoms with Crippen molar-refractivity contribution < 1.29 is 4.92 Å². The molecule has 1 aromatic carbocycles. The fraction of sp³-hybridized carbons (Fsp3) is 0.250. The third kappa shape index (κ3) is 2.81. The van der Waals surface area contributed by atoms with Crippen molar-refractivity contribution in [3.8, 4) is 18.2 Å². The molecule has 6 heteroatoms. The van der Waals surface area contributed by atoms with Crippen molar-refractivity contribution in [2.75, 3.05) is 0 Å². The van der Waals surface area contributed by atoms with Crippen LogP contribution < -0.4 is 0 Å². The maximum absolute atomic E-state index is 10.5. The Kier molecular flexibility index (Phi) is 4.37. The van der Waals surface area contributed by atoms with Gasteiger partial charge in [0.15, 0.2) is 0 Å². The summed E-state index contributed by atoms with van der Waals surface area (Å²) in [7, 11) is 0. The van der Waals surface area contributed by atoms with Crippen LogP contribution in [0.2, 0.25) is 0 Å². The maximum Gasteiger partial charge on any atom is 0.269 e. The van der Waals surface area contributed by atoms with E-state index in [-0.39, 0.29) is 12.1 Å². The van der Waals surface area contributed by atoms with E-state index in [0.29, 0.717) is 5.56 Å². The molecule has 88 valence electrons. The third-order valence-electron chi connectivity index (χ3n) is 2.52. The zero-order valence-electron chi connectivity index (χ0n) is 9.28.